The number of halogens is 7. The Morgan fingerprint density at radius 3 is 2.30 bits per heavy atom. The Labute approximate surface area is 196 Å². The van der Waals surface area contributed by atoms with Crippen LogP contribution in [0.5, 0.6) is 0 Å². The maximum atomic E-state index is 13.9. The molecule has 0 spiro atoms. The number of allylic oxidation sites excluding steroid dienone is 1. The topological polar surface area (TPSA) is 42.0 Å². The lowest BCUT2D eigenvalue weighted by Crippen LogP contribution is -2.56. The number of hydrogen-bond acceptors (Lipinski definition) is 4. The lowest BCUT2D eigenvalue weighted by Gasteiger charge is -2.42. The monoisotopic (exact) mass is 546 g/mol. The van der Waals surface area contributed by atoms with Crippen molar-refractivity contribution in [3.05, 3.63) is 35.4 Å². The van der Waals surface area contributed by atoms with Gasteiger partial charge in [-0.25, -0.2) is 0 Å². The van der Waals surface area contributed by atoms with E-state index in [1.807, 2.05) is 11.8 Å². The van der Waals surface area contributed by atoms with Crippen LogP contribution in [0.2, 0.25) is 0 Å². The van der Waals surface area contributed by atoms with Crippen molar-refractivity contribution in [3.63, 3.8) is 0 Å². The summed E-state index contributed by atoms with van der Waals surface area (Å²) in [6.07, 6.45) is -8.63. The van der Waals surface area contributed by atoms with Gasteiger partial charge in [-0.2, -0.15) is 26.3 Å². The van der Waals surface area contributed by atoms with Crippen LogP contribution in [0.25, 0.3) is 6.08 Å². The van der Waals surface area contributed by atoms with Gasteiger partial charge in [0.15, 0.2) is 0 Å². The number of carbonyl (C=O) groups is 1. The lowest BCUT2D eigenvalue weighted by atomic mass is 9.89. The molecule has 1 saturated heterocycles. The highest BCUT2D eigenvalue weighted by Gasteiger charge is 2.73. The second-order valence-corrected chi connectivity index (χ2v) is 8.08. The van der Waals surface area contributed by atoms with E-state index in [1.165, 1.54) is 18.2 Å². The first-order valence-electron chi connectivity index (χ1n) is 9.98. The molecule has 2 rings (SSSR count). The number of ether oxygens (including phenoxy) is 2. The fourth-order valence-corrected chi connectivity index (χ4v) is 4.21. The third-order valence-electron chi connectivity index (χ3n) is 5.38. The number of anilines is 1. The first-order chi connectivity index (χ1) is 15.3. The number of alkyl halides is 7. The smallest absolute Gasteiger partial charge is 0.365 e. The van der Waals surface area contributed by atoms with Crippen molar-refractivity contribution in [1.82, 2.24) is 4.90 Å². The van der Waals surface area contributed by atoms with Crippen molar-refractivity contribution in [2.75, 3.05) is 43.8 Å². The van der Waals surface area contributed by atoms with Gasteiger partial charge in [-0.1, -0.05) is 34.1 Å². The van der Waals surface area contributed by atoms with E-state index in [4.69, 9.17) is 0 Å². The first-order valence-corrected chi connectivity index (χ1v) is 11.1. The quantitative estimate of drug-likeness (QED) is 0.271. The van der Waals surface area contributed by atoms with E-state index in [0.717, 1.165) is 19.2 Å². The normalized spacial score (nSPS) is 18.3. The average molecular weight is 547 g/mol. The molecule has 1 amide bonds. The van der Waals surface area contributed by atoms with Gasteiger partial charge in [-0.3, -0.25) is 4.79 Å². The van der Waals surface area contributed by atoms with E-state index in [1.54, 1.807) is 11.8 Å². The Morgan fingerprint density at radius 1 is 1.18 bits per heavy atom. The molecule has 0 unspecified atom stereocenters. The predicted octanol–water partition coefficient (Wildman–Crippen LogP) is 5.09. The zero-order chi connectivity index (χ0) is 25.0. The Bertz CT molecular complexity index is 845. The van der Waals surface area contributed by atoms with E-state index < -0.39 is 30.3 Å². The van der Waals surface area contributed by atoms with Crippen molar-refractivity contribution in [3.8, 4) is 0 Å². The lowest BCUT2D eigenvalue weighted by molar-refractivity contribution is -0.400. The Balaban J connectivity index is 2.58. The molecule has 1 atom stereocenters. The zero-order valence-electron chi connectivity index (χ0n) is 18.3. The molecule has 1 heterocycles. The summed E-state index contributed by atoms with van der Waals surface area (Å²) in [6.45, 7) is 3.34. The second-order valence-electron chi connectivity index (χ2n) is 7.52. The molecule has 1 aliphatic heterocycles. The number of rotatable bonds is 7. The van der Waals surface area contributed by atoms with Gasteiger partial charge >= 0.3 is 12.4 Å². The van der Waals surface area contributed by atoms with Gasteiger partial charge in [-0.15, -0.1) is 0 Å². The third kappa shape index (κ3) is 5.48. The van der Waals surface area contributed by atoms with Gasteiger partial charge in [0.05, 0.1) is 5.33 Å². The van der Waals surface area contributed by atoms with Crippen molar-refractivity contribution in [2.45, 2.75) is 37.8 Å². The number of amides is 1. The number of hydrogen-bond donors (Lipinski definition) is 0. The summed E-state index contributed by atoms with van der Waals surface area (Å²) in [5.74, 6) is -0.0963. The van der Waals surface area contributed by atoms with Crippen molar-refractivity contribution in [2.24, 2.45) is 0 Å². The summed E-state index contributed by atoms with van der Waals surface area (Å²) in [4.78, 5) is 15.5. The summed E-state index contributed by atoms with van der Waals surface area (Å²) in [7, 11) is 0.938. The molecule has 12 heteroatoms. The number of nitrogens with zero attached hydrogens (tertiary/aromatic N) is 2. The molecular formula is C21H25BrF6N2O3. The predicted molar refractivity (Wildman–Crippen MR) is 115 cm³/mol. The molecule has 33 heavy (non-hydrogen) atoms. The molecule has 1 fully saturated rings. The van der Waals surface area contributed by atoms with E-state index in [2.05, 4.69) is 25.4 Å². The Kier molecular flexibility index (Phi) is 8.86. The SMILES string of the molecule is C/C=C\c1cc(C(OCOC)(C(F)(F)F)C(F)(F)F)ccc1N1CCN(C(=O)CBr)C[C@H]1C. The minimum atomic E-state index is -5.80. The molecule has 0 N–H and O–H groups in total. The highest BCUT2D eigenvalue weighted by molar-refractivity contribution is 9.09. The third-order valence-corrected chi connectivity index (χ3v) is 5.86. The molecule has 0 bridgehead atoms. The fraction of sp³-hybridized carbons (Fsp3) is 0.571. The van der Waals surface area contributed by atoms with Gasteiger partial charge in [0.1, 0.15) is 6.79 Å². The van der Waals surface area contributed by atoms with Crippen molar-refractivity contribution in [1.29, 1.82) is 0 Å². The minimum Gasteiger partial charge on any atom is -0.365 e. The van der Waals surface area contributed by atoms with E-state index >= 15 is 0 Å². The molecule has 5 nitrogen and oxygen atoms in total. The van der Waals surface area contributed by atoms with Crippen LogP contribution < -0.4 is 4.90 Å². The highest BCUT2D eigenvalue weighted by atomic mass is 79.9. The van der Waals surface area contributed by atoms with Gasteiger partial charge < -0.3 is 19.3 Å². The van der Waals surface area contributed by atoms with Crippen LogP contribution >= 0.6 is 15.9 Å². The average Bonchev–Trinajstić information content (AvgIpc) is 2.72. The largest absolute Gasteiger partial charge is 0.430 e. The fourth-order valence-electron chi connectivity index (χ4n) is 3.86. The zero-order valence-corrected chi connectivity index (χ0v) is 19.9. The summed E-state index contributed by atoms with van der Waals surface area (Å²) in [5.41, 5.74) is -5.03. The molecule has 1 aromatic carbocycles. The van der Waals surface area contributed by atoms with Crippen LogP contribution in [0.3, 0.4) is 0 Å². The number of piperazine rings is 1. The molecule has 1 aliphatic rings. The minimum absolute atomic E-state index is 0.0963. The summed E-state index contributed by atoms with van der Waals surface area (Å²) in [6, 6.07) is 2.64. The van der Waals surface area contributed by atoms with Gasteiger partial charge in [0, 0.05) is 44.0 Å². The van der Waals surface area contributed by atoms with Crippen molar-refractivity contribution >= 4 is 33.6 Å². The maximum absolute atomic E-state index is 13.9. The van der Waals surface area contributed by atoms with Gasteiger partial charge in [-0.05, 0) is 31.5 Å². The Hall–Kier alpha value is -1.79. The Morgan fingerprint density at radius 2 is 1.82 bits per heavy atom. The number of benzene rings is 1. The summed E-state index contributed by atoms with van der Waals surface area (Å²) in [5, 5.41) is 0.163. The standard InChI is InChI=1S/C21H25BrF6N2O3/c1-4-5-15-10-16(19(20(23,24)25,21(26,27)28)33-13-32-3)6-7-17(15)30-9-8-29(12-14(30)2)18(31)11-22/h4-7,10,14H,8-9,11-13H2,1-3H3/b5-4-/t14-/m1/s1. The van der Waals surface area contributed by atoms with Gasteiger partial charge in [0.25, 0.3) is 5.60 Å². The molecule has 0 radical (unpaired) electrons. The molecular weight excluding hydrogens is 522 g/mol. The van der Waals surface area contributed by atoms with Crippen LogP contribution in [-0.4, -0.2) is 68.1 Å². The van der Waals surface area contributed by atoms with Crippen LogP contribution in [0, 0.1) is 0 Å². The second kappa shape index (κ2) is 10.6. The number of carbonyl (C=O) groups excluding carboxylic acids is 1. The van der Waals surface area contributed by atoms with Crippen LogP contribution in [0.1, 0.15) is 25.0 Å². The molecule has 0 aromatic heterocycles. The van der Waals surface area contributed by atoms with Crippen LogP contribution in [0.4, 0.5) is 32.0 Å². The van der Waals surface area contributed by atoms with Crippen LogP contribution in [0.15, 0.2) is 24.3 Å². The van der Waals surface area contributed by atoms with Crippen molar-refractivity contribution < 1.29 is 40.6 Å². The van der Waals surface area contributed by atoms with Gasteiger partial charge in [0.2, 0.25) is 5.91 Å². The molecule has 0 aliphatic carbocycles. The summed E-state index contributed by atoms with van der Waals surface area (Å²) < 4.78 is 92.1. The first kappa shape index (κ1) is 27.5. The highest BCUT2D eigenvalue weighted by Crippen LogP contribution is 2.53. The molecule has 0 saturated carbocycles. The molecule has 1 aromatic rings. The van der Waals surface area contributed by atoms with E-state index in [9.17, 15) is 31.1 Å². The molecule has 186 valence electrons. The summed E-state index contributed by atoms with van der Waals surface area (Å²) >= 11 is 3.12. The number of methoxy groups -OCH3 is 1. The van der Waals surface area contributed by atoms with Crippen LogP contribution in [-0.2, 0) is 19.9 Å². The van der Waals surface area contributed by atoms with E-state index in [-0.39, 0.29) is 22.8 Å². The van der Waals surface area contributed by atoms with E-state index in [0.29, 0.717) is 25.3 Å². The maximum Gasteiger partial charge on any atom is 0.430 e.